The first kappa shape index (κ1) is 16.2. The number of nitrogens with one attached hydrogen (secondary N) is 2. The van der Waals surface area contributed by atoms with Crippen LogP contribution in [0.1, 0.15) is 12.5 Å². The van der Waals surface area contributed by atoms with Gasteiger partial charge in [-0.1, -0.05) is 29.8 Å². The van der Waals surface area contributed by atoms with Gasteiger partial charge in [0, 0.05) is 17.4 Å². The molecular weight excluding hydrogens is 328 g/mol. The van der Waals surface area contributed by atoms with E-state index in [0.717, 1.165) is 11.8 Å². The Balaban J connectivity index is 2.15. The molecule has 0 spiro atoms. The second-order valence-corrected chi connectivity index (χ2v) is 6.87. The highest BCUT2D eigenvalue weighted by Gasteiger charge is 2.14. The lowest BCUT2D eigenvalue weighted by atomic mass is 10.1. The molecule has 1 heterocycles. The first-order valence-electron chi connectivity index (χ1n) is 6.14. The SMILES string of the molecule is C/C(=C/C(=O)Nc1n[nH]c(S(C)(=O)=O)n1)c1ccccc1Cl. The number of benzene rings is 1. The number of anilines is 1. The number of amides is 1. The van der Waals surface area contributed by atoms with Crippen LogP contribution in [-0.2, 0) is 14.6 Å². The van der Waals surface area contributed by atoms with Crippen LogP contribution in [0.4, 0.5) is 5.95 Å². The van der Waals surface area contributed by atoms with Crippen molar-refractivity contribution < 1.29 is 13.2 Å². The molecule has 0 radical (unpaired) electrons. The maximum atomic E-state index is 11.9. The van der Waals surface area contributed by atoms with E-state index in [-0.39, 0.29) is 11.1 Å². The lowest BCUT2D eigenvalue weighted by Gasteiger charge is -2.04. The lowest BCUT2D eigenvalue weighted by molar-refractivity contribution is -0.111. The molecule has 0 unspecified atom stereocenters. The van der Waals surface area contributed by atoms with Crippen molar-refractivity contribution >= 4 is 38.9 Å². The van der Waals surface area contributed by atoms with Gasteiger partial charge < -0.3 is 0 Å². The third-order valence-electron chi connectivity index (χ3n) is 2.70. The molecule has 2 rings (SSSR count). The second-order valence-electron chi connectivity index (χ2n) is 4.53. The summed E-state index contributed by atoms with van der Waals surface area (Å²) >= 11 is 6.05. The minimum absolute atomic E-state index is 0.117. The van der Waals surface area contributed by atoms with Gasteiger partial charge in [-0.25, -0.2) is 13.5 Å². The zero-order chi connectivity index (χ0) is 16.3. The van der Waals surface area contributed by atoms with Crippen LogP contribution < -0.4 is 5.32 Å². The molecule has 0 saturated carbocycles. The maximum Gasteiger partial charge on any atom is 0.251 e. The Morgan fingerprint density at radius 2 is 2.05 bits per heavy atom. The molecule has 0 bridgehead atoms. The highest BCUT2D eigenvalue weighted by atomic mass is 35.5. The van der Waals surface area contributed by atoms with E-state index >= 15 is 0 Å². The summed E-state index contributed by atoms with van der Waals surface area (Å²) in [6.45, 7) is 1.74. The number of carbonyl (C=O) groups is 1. The van der Waals surface area contributed by atoms with Gasteiger partial charge in [0.25, 0.3) is 5.91 Å². The summed E-state index contributed by atoms with van der Waals surface area (Å²) in [7, 11) is -3.50. The number of aromatic amines is 1. The molecule has 2 aromatic rings. The number of aromatic nitrogens is 3. The van der Waals surface area contributed by atoms with Gasteiger partial charge in [0.05, 0.1) is 0 Å². The van der Waals surface area contributed by atoms with E-state index in [2.05, 4.69) is 20.5 Å². The van der Waals surface area contributed by atoms with Crippen LogP contribution in [0, 0.1) is 0 Å². The van der Waals surface area contributed by atoms with Crippen molar-refractivity contribution in [3.63, 3.8) is 0 Å². The fourth-order valence-corrected chi connectivity index (χ4v) is 2.42. The number of carbonyl (C=O) groups excluding carboxylic acids is 1. The summed E-state index contributed by atoms with van der Waals surface area (Å²) in [6, 6.07) is 7.11. The molecule has 9 heteroatoms. The highest BCUT2D eigenvalue weighted by Crippen LogP contribution is 2.22. The van der Waals surface area contributed by atoms with E-state index in [1.807, 2.05) is 6.07 Å². The van der Waals surface area contributed by atoms with Gasteiger partial charge in [-0.3, -0.25) is 10.1 Å². The van der Waals surface area contributed by atoms with Gasteiger partial charge in [-0.2, -0.15) is 4.98 Å². The number of rotatable bonds is 4. The first-order chi connectivity index (χ1) is 10.3. The molecule has 1 amide bonds. The zero-order valence-electron chi connectivity index (χ0n) is 11.8. The minimum atomic E-state index is -3.50. The number of sulfone groups is 1. The molecule has 116 valence electrons. The Morgan fingerprint density at radius 3 is 2.64 bits per heavy atom. The van der Waals surface area contributed by atoms with Crippen LogP contribution in [-0.4, -0.2) is 35.8 Å². The van der Waals surface area contributed by atoms with Crippen molar-refractivity contribution in [1.82, 2.24) is 15.2 Å². The zero-order valence-corrected chi connectivity index (χ0v) is 13.4. The number of allylic oxidation sites excluding steroid dienone is 1. The molecule has 0 aliphatic rings. The van der Waals surface area contributed by atoms with Gasteiger partial charge in [0.1, 0.15) is 0 Å². The number of nitrogens with zero attached hydrogens (tertiary/aromatic N) is 2. The normalized spacial score (nSPS) is 12.2. The Morgan fingerprint density at radius 1 is 1.36 bits per heavy atom. The molecule has 0 atom stereocenters. The fraction of sp³-hybridized carbons (Fsp3) is 0.154. The van der Waals surface area contributed by atoms with Crippen molar-refractivity contribution in [2.24, 2.45) is 0 Å². The summed E-state index contributed by atoms with van der Waals surface area (Å²) in [6.07, 6.45) is 2.32. The smallest absolute Gasteiger partial charge is 0.251 e. The summed E-state index contributed by atoms with van der Waals surface area (Å²) < 4.78 is 22.5. The Bertz CT molecular complexity index is 842. The van der Waals surface area contributed by atoms with Crippen LogP contribution >= 0.6 is 11.6 Å². The largest absolute Gasteiger partial charge is 0.290 e. The van der Waals surface area contributed by atoms with Crippen LogP contribution in [0.2, 0.25) is 5.02 Å². The van der Waals surface area contributed by atoms with E-state index in [9.17, 15) is 13.2 Å². The van der Waals surface area contributed by atoms with E-state index in [1.165, 1.54) is 6.08 Å². The third kappa shape index (κ3) is 3.92. The predicted octanol–water partition coefficient (Wildman–Crippen LogP) is 1.90. The topological polar surface area (TPSA) is 105 Å². The lowest BCUT2D eigenvalue weighted by Crippen LogP contribution is -2.10. The molecule has 0 aliphatic heterocycles. The van der Waals surface area contributed by atoms with Gasteiger partial charge in [-0.05, 0) is 24.1 Å². The Labute approximate surface area is 132 Å². The molecule has 22 heavy (non-hydrogen) atoms. The van der Waals surface area contributed by atoms with Crippen LogP contribution in [0.15, 0.2) is 35.5 Å². The second kappa shape index (κ2) is 6.29. The van der Waals surface area contributed by atoms with Crippen molar-refractivity contribution in [2.75, 3.05) is 11.6 Å². The molecule has 0 fully saturated rings. The number of halogens is 1. The molecule has 1 aromatic carbocycles. The fourth-order valence-electron chi connectivity index (χ4n) is 1.67. The van der Waals surface area contributed by atoms with Crippen LogP contribution in [0.5, 0.6) is 0 Å². The summed E-state index contributed by atoms with van der Waals surface area (Å²) in [5, 5.41) is 8.45. The Hall–Kier alpha value is -2.19. The minimum Gasteiger partial charge on any atom is -0.290 e. The quantitative estimate of drug-likeness (QED) is 0.827. The summed E-state index contributed by atoms with van der Waals surface area (Å²) in [5.41, 5.74) is 1.38. The maximum absolute atomic E-state index is 11.9. The van der Waals surface area contributed by atoms with Gasteiger partial charge in [0.15, 0.2) is 0 Å². The van der Waals surface area contributed by atoms with E-state index in [0.29, 0.717) is 10.6 Å². The standard InChI is InChI=1S/C13H13ClN4O3S/c1-8(9-5-3-4-6-10(9)14)7-11(19)15-12-16-13(18-17-12)22(2,20)21/h3-7H,1-2H3,(H2,15,16,17,18,19)/b8-7-. The van der Waals surface area contributed by atoms with Crippen molar-refractivity contribution in [2.45, 2.75) is 12.1 Å². The highest BCUT2D eigenvalue weighted by molar-refractivity contribution is 7.90. The summed E-state index contributed by atoms with van der Waals surface area (Å²) in [5.74, 6) is -0.606. The molecule has 7 nitrogen and oxygen atoms in total. The molecule has 1 aromatic heterocycles. The van der Waals surface area contributed by atoms with Crippen molar-refractivity contribution in [3.05, 3.63) is 40.9 Å². The van der Waals surface area contributed by atoms with Gasteiger partial charge in [-0.15, -0.1) is 5.10 Å². The molecule has 0 saturated heterocycles. The summed E-state index contributed by atoms with van der Waals surface area (Å²) in [4.78, 5) is 15.6. The third-order valence-corrected chi connectivity index (χ3v) is 3.91. The van der Waals surface area contributed by atoms with Crippen molar-refractivity contribution in [3.8, 4) is 0 Å². The van der Waals surface area contributed by atoms with Crippen LogP contribution in [0.3, 0.4) is 0 Å². The number of hydrogen-bond acceptors (Lipinski definition) is 5. The van der Waals surface area contributed by atoms with Gasteiger partial charge >= 0.3 is 0 Å². The first-order valence-corrected chi connectivity index (χ1v) is 8.41. The Kier molecular flexibility index (Phi) is 4.62. The van der Waals surface area contributed by atoms with E-state index in [4.69, 9.17) is 11.6 Å². The van der Waals surface area contributed by atoms with E-state index < -0.39 is 15.7 Å². The molecule has 2 N–H and O–H groups in total. The van der Waals surface area contributed by atoms with Crippen molar-refractivity contribution in [1.29, 1.82) is 0 Å². The number of hydrogen-bond donors (Lipinski definition) is 2. The van der Waals surface area contributed by atoms with Gasteiger partial charge in [0.2, 0.25) is 20.9 Å². The average Bonchev–Trinajstić information content (AvgIpc) is 2.87. The molecule has 0 aliphatic carbocycles. The predicted molar refractivity (Wildman–Crippen MR) is 83.2 cm³/mol. The number of H-pyrrole nitrogens is 1. The monoisotopic (exact) mass is 340 g/mol. The molecular formula is C13H13ClN4O3S. The van der Waals surface area contributed by atoms with Crippen LogP contribution in [0.25, 0.3) is 5.57 Å². The van der Waals surface area contributed by atoms with E-state index in [1.54, 1.807) is 25.1 Å². The average molecular weight is 341 g/mol.